The lowest BCUT2D eigenvalue weighted by molar-refractivity contribution is -0.113. The molecule has 0 bridgehead atoms. The Kier molecular flexibility index (Phi) is 7.02. The van der Waals surface area contributed by atoms with Crippen LogP contribution in [-0.4, -0.2) is 49.1 Å². The van der Waals surface area contributed by atoms with Crippen LogP contribution in [0, 0.1) is 0 Å². The monoisotopic (exact) mass is 475 g/mol. The maximum absolute atomic E-state index is 13.0. The molecule has 2 aromatic carbocycles. The number of anilines is 1. The molecular formula is C22H25N3O5S2. The number of rotatable bonds is 8. The Morgan fingerprint density at radius 2 is 1.97 bits per heavy atom. The quantitative estimate of drug-likeness (QED) is 0.489. The molecule has 32 heavy (non-hydrogen) atoms. The molecule has 0 spiro atoms. The summed E-state index contributed by atoms with van der Waals surface area (Å²) >= 11 is 1.17. The van der Waals surface area contributed by atoms with Crippen molar-refractivity contribution in [2.24, 2.45) is 0 Å². The van der Waals surface area contributed by atoms with E-state index < -0.39 is 10.0 Å². The number of hydrogen-bond acceptors (Lipinski definition) is 7. The normalized spacial score (nSPS) is 15.0. The number of aromatic nitrogens is 1. The molecular weight excluding hydrogens is 450 g/mol. The molecule has 1 fully saturated rings. The van der Waals surface area contributed by atoms with Gasteiger partial charge in [-0.25, -0.2) is 13.4 Å². The number of nitrogens with zero attached hydrogens (tertiary/aromatic N) is 2. The number of carbonyl (C=O) groups is 1. The zero-order valence-electron chi connectivity index (χ0n) is 17.7. The van der Waals surface area contributed by atoms with Gasteiger partial charge in [-0.1, -0.05) is 30.3 Å². The number of amides is 1. The SMILES string of the molecule is CCOc1ccc(S(=O)(=O)N2CCCCC2)cc1NC(=O)CSc1nc2ccccc2o1. The smallest absolute Gasteiger partial charge is 0.257 e. The second kappa shape index (κ2) is 9.93. The third-order valence-corrected chi connectivity index (χ3v) is 7.80. The van der Waals surface area contributed by atoms with Crippen molar-refractivity contribution in [3.8, 4) is 5.75 Å². The van der Waals surface area contributed by atoms with Gasteiger partial charge in [0.1, 0.15) is 11.3 Å². The summed E-state index contributed by atoms with van der Waals surface area (Å²) in [5.41, 5.74) is 1.71. The highest BCUT2D eigenvalue weighted by Crippen LogP contribution is 2.31. The maximum Gasteiger partial charge on any atom is 0.257 e. The van der Waals surface area contributed by atoms with Gasteiger partial charge in [0.25, 0.3) is 5.22 Å². The zero-order valence-corrected chi connectivity index (χ0v) is 19.4. The summed E-state index contributed by atoms with van der Waals surface area (Å²) in [6, 6.07) is 12.0. The van der Waals surface area contributed by atoms with E-state index in [1.54, 1.807) is 6.07 Å². The van der Waals surface area contributed by atoms with Crippen molar-refractivity contribution in [2.75, 3.05) is 30.8 Å². The molecule has 0 saturated carbocycles. The minimum atomic E-state index is -3.63. The first kappa shape index (κ1) is 22.6. The van der Waals surface area contributed by atoms with Gasteiger partial charge in [-0.15, -0.1) is 0 Å². The van der Waals surface area contributed by atoms with E-state index >= 15 is 0 Å². The molecule has 0 unspecified atom stereocenters. The van der Waals surface area contributed by atoms with Crippen LogP contribution in [0.15, 0.2) is 57.0 Å². The minimum Gasteiger partial charge on any atom is -0.492 e. The molecule has 1 amide bonds. The van der Waals surface area contributed by atoms with Crippen LogP contribution >= 0.6 is 11.8 Å². The summed E-state index contributed by atoms with van der Waals surface area (Å²) in [4.78, 5) is 17.1. The molecule has 1 aliphatic heterocycles. The fourth-order valence-corrected chi connectivity index (χ4v) is 5.71. The summed E-state index contributed by atoms with van der Waals surface area (Å²) in [7, 11) is -3.63. The van der Waals surface area contributed by atoms with Gasteiger partial charge in [-0.05, 0) is 50.1 Å². The number of carbonyl (C=O) groups excluding carboxylic acids is 1. The summed E-state index contributed by atoms with van der Waals surface area (Å²) in [6.07, 6.45) is 2.74. The van der Waals surface area contributed by atoms with E-state index in [1.165, 1.54) is 28.2 Å². The third-order valence-electron chi connectivity index (χ3n) is 5.08. The van der Waals surface area contributed by atoms with Crippen molar-refractivity contribution in [2.45, 2.75) is 36.3 Å². The Bertz CT molecular complexity index is 1170. The predicted octanol–water partition coefficient (Wildman–Crippen LogP) is 4.13. The molecule has 0 radical (unpaired) electrons. The fourth-order valence-electron chi connectivity index (χ4n) is 3.53. The van der Waals surface area contributed by atoms with Gasteiger partial charge >= 0.3 is 0 Å². The highest BCUT2D eigenvalue weighted by Gasteiger charge is 2.27. The van der Waals surface area contributed by atoms with E-state index in [2.05, 4.69) is 10.3 Å². The van der Waals surface area contributed by atoms with E-state index in [1.807, 2.05) is 31.2 Å². The average Bonchev–Trinajstić information content (AvgIpc) is 3.22. The zero-order chi connectivity index (χ0) is 22.6. The standard InChI is InChI=1S/C22H25N3O5S2/c1-2-29-19-11-10-16(32(27,28)25-12-6-3-7-13-25)14-18(19)23-21(26)15-31-22-24-17-8-4-5-9-20(17)30-22/h4-5,8-11,14H,2-3,6-7,12-13,15H2,1H3,(H,23,26). The molecule has 1 aliphatic rings. The number of ether oxygens (including phenoxy) is 1. The first-order chi connectivity index (χ1) is 15.5. The summed E-state index contributed by atoms with van der Waals surface area (Å²) in [5, 5.41) is 3.17. The molecule has 10 heteroatoms. The number of fused-ring (bicyclic) bond motifs is 1. The molecule has 4 rings (SSSR count). The Morgan fingerprint density at radius 3 is 2.72 bits per heavy atom. The van der Waals surface area contributed by atoms with Gasteiger partial charge in [-0.2, -0.15) is 4.31 Å². The summed E-state index contributed by atoms with van der Waals surface area (Å²) in [6.45, 7) is 3.24. The van der Waals surface area contributed by atoms with Gasteiger partial charge in [0.05, 0.1) is 22.9 Å². The number of oxazole rings is 1. The van der Waals surface area contributed by atoms with E-state index in [0.29, 0.717) is 41.9 Å². The van der Waals surface area contributed by atoms with E-state index in [-0.39, 0.29) is 16.6 Å². The van der Waals surface area contributed by atoms with Crippen LogP contribution in [0.2, 0.25) is 0 Å². The van der Waals surface area contributed by atoms with Gasteiger partial charge in [0, 0.05) is 13.1 Å². The maximum atomic E-state index is 13.0. The number of hydrogen-bond donors (Lipinski definition) is 1. The summed E-state index contributed by atoms with van der Waals surface area (Å²) < 4.78 is 38.8. The molecule has 1 saturated heterocycles. The van der Waals surface area contributed by atoms with Crippen LogP contribution in [0.5, 0.6) is 5.75 Å². The molecule has 1 aromatic heterocycles. The second-order valence-corrected chi connectivity index (χ2v) is 10.2. The van der Waals surface area contributed by atoms with Crippen LogP contribution in [0.1, 0.15) is 26.2 Å². The molecule has 170 valence electrons. The van der Waals surface area contributed by atoms with Crippen molar-refractivity contribution in [1.29, 1.82) is 0 Å². The van der Waals surface area contributed by atoms with E-state index in [9.17, 15) is 13.2 Å². The van der Waals surface area contributed by atoms with Crippen molar-refractivity contribution >= 4 is 44.5 Å². The molecule has 2 heterocycles. The van der Waals surface area contributed by atoms with Crippen LogP contribution in [0.25, 0.3) is 11.1 Å². The van der Waals surface area contributed by atoms with Crippen molar-refractivity contribution in [3.05, 3.63) is 42.5 Å². The van der Waals surface area contributed by atoms with Crippen molar-refractivity contribution < 1.29 is 22.4 Å². The predicted molar refractivity (Wildman–Crippen MR) is 124 cm³/mol. The highest BCUT2D eigenvalue weighted by molar-refractivity contribution is 7.99. The number of thioether (sulfide) groups is 1. The number of benzene rings is 2. The fraction of sp³-hybridized carbons (Fsp3) is 0.364. The van der Waals surface area contributed by atoms with Gasteiger partial charge in [-0.3, -0.25) is 4.79 Å². The molecule has 0 aliphatic carbocycles. The second-order valence-electron chi connectivity index (χ2n) is 7.34. The number of nitrogens with one attached hydrogen (secondary N) is 1. The average molecular weight is 476 g/mol. The first-order valence-electron chi connectivity index (χ1n) is 10.5. The van der Waals surface area contributed by atoms with Gasteiger partial charge in [0.2, 0.25) is 15.9 Å². The lowest BCUT2D eigenvalue weighted by Gasteiger charge is -2.26. The largest absolute Gasteiger partial charge is 0.492 e. The van der Waals surface area contributed by atoms with Crippen LogP contribution in [-0.2, 0) is 14.8 Å². The Hall–Kier alpha value is -2.56. The number of para-hydroxylation sites is 2. The Balaban J connectivity index is 1.49. The van der Waals surface area contributed by atoms with E-state index in [0.717, 1.165) is 24.8 Å². The van der Waals surface area contributed by atoms with Crippen LogP contribution in [0.3, 0.4) is 0 Å². The van der Waals surface area contributed by atoms with Crippen LogP contribution in [0.4, 0.5) is 5.69 Å². The molecule has 0 atom stereocenters. The van der Waals surface area contributed by atoms with Gasteiger partial charge in [0.15, 0.2) is 5.58 Å². The Morgan fingerprint density at radius 1 is 1.19 bits per heavy atom. The number of piperidine rings is 1. The molecule has 3 aromatic rings. The third kappa shape index (κ3) is 5.08. The van der Waals surface area contributed by atoms with Crippen LogP contribution < -0.4 is 10.1 Å². The number of sulfonamides is 1. The van der Waals surface area contributed by atoms with E-state index in [4.69, 9.17) is 9.15 Å². The topological polar surface area (TPSA) is 102 Å². The lowest BCUT2D eigenvalue weighted by Crippen LogP contribution is -2.35. The highest BCUT2D eigenvalue weighted by atomic mass is 32.2. The summed E-state index contributed by atoms with van der Waals surface area (Å²) in [5.74, 6) is 0.164. The minimum absolute atomic E-state index is 0.0570. The van der Waals surface area contributed by atoms with Crippen molar-refractivity contribution in [1.82, 2.24) is 9.29 Å². The van der Waals surface area contributed by atoms with Gasteiger partial charge < -0.3 is 14.5 Å². The molecule has 1 N–H and O–H groups in total. The van der Waals surface area contributed by atoms with Crippen molar-refractivity contribution in [3.63, 3.8) is 0 Å². The Labute approximate surface area is 191 Å². The molecule has 8 nitrogen and oxygen atoms in total. The lowest BCUT2D eigenvalue weighted by atomic mass is 10.2. The first-order valence-corrected chi connectivity index (χ1v) is 12.9.